The smallest absolute Gasteiger partial charge is 0.302 e. The molecule has 0 aliphatic carbocycles. The number of carbonyl (C=O) groups is 2. The number of rotatable bonds is 9. The van der Waals surface area contributed by atoms with Crippen LogP contribution in [0.5, 0.6) is 11.5 Å². The number of hydrogen-bond acceptors (Lipinski definition) is 7. The lowest BCUT2D eigenvalue weighted by atomic mass is 10.0. The Balaban J connectivity index is 1.52. The number of hydrogen-bond donors (Lipinski definition) is 1. The molecule has 7 nitrogen and oxygen atoms in total. The van der Waals surface area contributed by atoms with Gasteiger partial charge in [0.15, 0.2) is 11.5 Å². The molecule has 35 heavy (non-hydrogen) atoms. The Morgan fingerprint density at radius 2 is 1.97 bits per heavy atom. The Hall–Kier alpha value is -3.37. The minimum atomic E-state index is -0.955. The van der Waals surface area contributed by atoms with Gasteiger partial charge in [0.1, 0.15) is 0 Å². The van der Waals surface area contributed by atoms with Crippen molar-refractivity contribution in [3.63, 3.8) is 0 Å². The molecule has 0 spiro atoms. The van der Waals surface area contributed by atoms with Gasteiger partial charge in [0.2, 0.25) is 6.86 Å². The van der Waals surface area contributed by atoms with Crippen LogP contribution in [-0.4, -0.2) is 41.1 Å². The van der Waals surface area contributed by atoms with E-state index < -0.39 is 6.86 Å². The van der Waals surface area contributed by atoms with Gasteiger partial charge in [-0.1, -0.05) is 36.9 Å². The second-order valence-corrected chi connectivity index (χ2v) is 9.67. The van der Waals surface area contributed by atoms with Gasteiger partial charge in [0.05, 0.1) is 29.5 Å². The van der Waals surface area contributed by atoms with Crippen LogP contribution in [0.1, 0.15) is 34.1 Å². The predicted octanol–water partition coefficient (Wildman–Crippen LogP) is 6.17. The standard InChI is InChI=1S/C25H24FN3O4S2/c1-3-21-23(17-8-11-19(33-15-26)20(13-17)32-2)28-29(25(31)35-21)14-16-6-9-18(10-7-16)27-24(30)22-5-4-12-34-22/h4-13,21H,3,14-15H2,1-2H3,(H,27,30). The second kappa shape index (κ2) is 11.4. The summed E-state index contributed by atoms with van der Waals surface area (Å²) in [5, 5.41) is 10.6. The zero-order valence-corrected chi connectivity index (χ0v) is 20.8. The quantitative estimate of drug-likeness (QED) is 0.370. The Morgan fingerprint density at radius 1 is 1.17 bits per heavy atom. The van der Waals surface area contributed by atoms with Crippen LogP contribution in [0, 0.1) is 0 Å². The highest BCUT2D eigenvalue weighted by molar-refractivity contribution is 8.14. The summed E-state index contributed by atoms with van der Waals surface area (Å²) < 4.78 is 23.0. The van der Waals surface area contributed by atoms with Gasteiger partial charge in [-0.3, -0.25) is 9.59 Å². The van der Waals surface area contributed by atoms with E-state index in [9.17, 15) is 14.0 Å². The Bertz CT molecular complexity index is 1220. The number of thiophene rings is 1. The summed E-state index contributed by atoms with van der Waals surface area (Å²) in [6.07, 6.45) is 0.715. The maximum Gasteiger partial charge on any atom is 0.302 e. The molecule has 0 saturated carbocycles. The van der Waals surface area contributed by atoms with E-state index in [1.807, 2.05) is 30.5 Å². The van der Waals surface area contributed by atoms with E-state index in [-0.39, 0.29) is 22.9 Å². The largest absolute Gasteiger partial charge is 0.493 e. The van der Waals surface area contributed by atoms with Crippen molar-refractivity contribution >= 4 is 45.6 Å². The number of nitrogens with one attached hydrogen (secondary N) is 1. The van der Waals surface area contributed by atoms with Crippen molar-refractivity contribution in [2.75, 3.05) is 19.3 Å². The van der Waals surface area contributed by atoms with Crippen LogP contribution in [0.4, 0.5) is 14.9 Å². The van der Waals surface area contributed by atoms with Crippen molar-refractivity contribution in [2.45, 2.75) is 25.1 Å². The molecular weight excluding hydrogens is 489 g/mol. The summed E-state index contributed by atoms with van der Waals surface area (Å²) in [6, 6.07) is 16.1. The third-order valence-electron chi connectivity index (χ3n) is 5.32. The van der Waals surface area contributed by atoms with Gasteiger partial charge in [0, 0.05) is 11.3 Å². The van der Waals surface area contributed by atoms with Gasteiger partial charge >= 0.3 is 5.24 Å². The molecule has 0 fully saturated rings. The molecule has 1 unspecified atom stereocenters. The van der Waals surface area contributed by atoms with Crippen LogP contribution in [0.3, 0.4) is 0 Å². The zero-order valence-electron chi connectivity index (χ0n) is 19.2. The monoisotopic (exact) mass is 513 g/mol. The summed E-state index contributed by atoms with van der Waals surface area (Å²) in [4.78, 5) is 25.7. The van der Waals surface area contributed by atoms with Crippen LogP contribution in [0.15, 0.2) is 65.1 Å². The molecule has 0 bridgehead atoms. The highest BCUT2D eigenvalue weighted by Gasteiger charge is 2.30. The zero-order chi connectivity index (χ0) is 24.8. The van der Waals surface area contributed by atoms with Gasteiger partial charge in [-0.05, 0) is 53.8 Å². The van der Waals surface area contributed by atoms with Crippen LogP contribution >= 0.6 is 23.1 Å². The van der Waals surface area contributed by atoms with Gasteiger partial charge < -0.3 is 14.8 Å². The van der Waals surface area contributed by atoms with Gasteiger partial charge in [-0.15, -0.1) is 11.3 Å². The van der Waals surface area contributed by atoms with E-state index in [4.69, 9.17) is 9.47 Å². The molecule has 0 saturated heterocycles. The van der Waals surface area contributed by atoms with E-state index in [0.29, 0.717) is 28.5 Å². The fraction of sp³-hybridized carbons (Fsp3) is 0.240. The van der Waals surface area contributed by atoms with Crippen molar-refractivity contribution in [1.82, 2.24) is 5.01 Å². The Morgan fingerprint density at radius 3 is 2.63 bits per heavy atom. The third kappa shape index (κ3) is 5.83. The average molecular weight is 514 g/mol. The molecular formula is C25H24FN3O4S2. The highest BCUT2D eigenvalue weighted by Crippen LogP contribution is 2.34. The van der Waals surface area contributed by atoms with E-state index in [1.165, 1.54) is 35.2 Å². The van der Waals surface area contributed by atoms with Gasteiger partial charge in [-0.2, -0.15) is 5.10 Å². The van der Waals surface area contributed by atoms with E-state index >= 15 is 0 Å². The minimum absolute atomic E-state index is 0.119. The number of ether oxygens (including phenoxy) is 2. The number of halogens is 1. The van der Waals surface area contributed by atoms with Crippen molar-refractivity contribution in [1.29, 1.82) is 0 Å². The molecule has 3 aromatic rings. The maximum absolute atomic E-state index is 12.8. The number of methoxy groups -OCH3 is 1. The minimum Gasteiger partial charge on any atom is -0.493 e. The molecule has 4 rings (SSSR count). The van der Waals surface area contributed by atoms with Gasteiger partial charge in [-0.25, -0.2) is 9.40 Å². The fourth-order valence-corrected chi connectivity index (χ4v) is 5.12. The summed E-state index contributed by atoms with van der Waals surface area (Å²) in [7, 11) is 1.49. The molecule has 1 aliphatic rings. The van der Waals surface area contributed by atoms with Crippen molar-refractivity contribution < 1.29 is 23.5 Å². The van der Waals surface area contributed by atoms with E-state index in [0.717, 1.165) is 16.8 Å². The van der Waals surface area contributed by atoms with Gasteiger partial charge in [0.25, 0.3) is 5.91 Å². The highest BCUT2D eigenvalue weighted by atomic mass is 32.2. The second-order valence-electron chi connectivity index (χ2n) is 7.57. The van der Waals surface area contributed by atoms with Crippen molar-refractivity contribution in [3.05, 3.63) is 76.0 Å². The normalized spacial score (nSPS) is 15.5. The summed E-state index contributed by atoms with van der Waals surface area (Å²) in [5.74, 6) is 0.537. The number of carbonyl (C=O) groups excluding carboxylic acids is 2. The molecule has 2 heterocycles. The van der Waals surface area contributed by atoms with E-state index in [1.54, 1.807) is 36.4 Å². The number of anilines is 1. The van der Waals surface area contributed by atoms with E-state index in [2.05, 4.69) is 10.4 Å². The molecule has 1 atom stereocenters. The Labute approximate surface area is 210 Å². The number of amides is 2. The third-order valence-corrected chi connectivity index (χ3v) is 7.44. The topological polar surface area (TPSA) is 80.2 Å². The summed E-state index contributed by atoms with van der Waals surface area (Å²) in [6.45, 7) is 1.32. The van der Waals surface area contributed by atoms with Crippen LogP contribution < -0.4 is 14.8 Å². The predicted molar refractivity (Wildman–Crippen MR) is 137 cm³/mol. The SMILES string of the molecule is CCC1SC(=O)N(Cc2ccc(NC(=O)c3cccs3)cc2)N=C1c1ccc(OCF)c(OC)c1. The first-order valence-corrected chi connectivity index (χ1v) is 12.7. The number of thioether (sulfide) groups is 1. The fourth-order valence-electron chi connectivity index (χ4n) is 3.57. The lowest BCUT2D eigenvalue weighted by Gasteiger charge is -2.28. The van der Waals surface area contributed by atoms with Crippen LogP contribution in [0.25, 0.3) is 0 Å². The molecule has 10 heteroatoms. The lowest BCUT2D eigenvalue weighted by Crippen LogP contribution is -2.34. The number of benzene rings is 2. The number of nitrogens with zero attached hydrogens (tertiary/aromatic N) is 2. The number of alkyl halides is 1. The molecule has 1 N–H and O–H groups in total. The van der Waals surface area contributed by atoms with Crippen molar-refractivity contribution in [2.24, 2.45) is 5.10 Å². The summed E-state index contributed by atoms with van der Waals surface area (Å²) in [5.41, 5.74) is 3.05. The molecule has 2 amide bonds. The molecule has 1 aromatic heterocycles. The number of hydrazone groups is 1. The van der Waals surface area contributed by atoms with Crippen LogP contribution in [0.2, 0.25) is 0 Å². The van der Waals surface area contributed by atoms with Crippen molar-refractivity contribution in [3.8, 4) is 11.5 Å². The molecule has 0 radical (unpaired) electrons. The first-order chi connectivity index (χ1) is 17.0. The summed E-state index contributed by atoms with van der Waals surface area (Å²) >= 11 is 2.60. The molecule has 1 aliphatic heterocycles. The maximum atomic E-state index is 12.8. The first kappa shape index (κ1) is 24.7. The van der Waals surface area contributed by atoms with Crippen LogP contribution in [-0.2, 0) is 6.54 Å². The lowest BCUT2D eigenvalue weighted by molar-refractivity contribution is 0.103. The average Bonchev–Trinajstić information content (AvgIpc) is 3.42. The molecule has 182 valence electrons. The Kier molecular flexibility index (Phi) is 8.04. The molecule has 2 aromatic carbocycles. The first-order valence-electron chi connectivity index (χ1n) is 10.9.